The van der Waals surface area contributed by atoms with Crippen molar-refractivity contribution in [3.63, 3.8) is 0 Å². The zero-order valence-corrected chi connectivity index (χ0v) is 18.7. The van der Waals surface area contributed by atoms with Crippen molar-refractivity contribution < 1.29 is 17.9 Å². The van der Waals surface area contributed by atoms with Crippen LogP contribution in [0.15, 0.2) is 42.5 Å². The average Bonchev–Trinajstić information content (AvgIpc) is 2.63. The number of benzene rings is 2. The molecule has 7 heteroatoms. The van der Waals surface area contributed by atoms with E-state index in [9.17, 15) is 13.2 Å². The molecule has 1 amide bonds. The predicted molar refractivity (Wildman–Crippen MR) is 117 cm³/mol. The van der Waals surface area contributed by atoms with Gasteiger partial charge in [0.05, 0.1) is 18.0 Å². The summed E-state index contributed by atoms with van der Waals surface area (Å²) in [5.74, 6) is 0.342. The number of anilines is 1. The van der Waals surface area contributed by atoms with Crippen molar-refractivity contribution in [3.8, 4) is 5.75 Å². The lowest BCUT2D eigenvalue weighted by molar-refractivity contribution is -0.122. The van der Waals surface area contributed by atoms with E-state index < -0.39 is 16.1 Å². The number of hydrogen-bond donors (Lipinski definition) is 1. The Labute approximate surface area is 173 Å². The smallest absolute Gasteiger partial charge is 0.243 e. The summed E-state index contributed by atoms with van der Waals surface area (Å²) in [5, 5.41) is 2.85. The summed E-state index contributed by atoms with van der Waals surface area (Å²) in [5.41, 5.74) is 3.36. The highest BCUT2D eigenvalue weighted by molar-refractivity contribution is 7.92. The predicted octanol–water partition coefficient (Wildman–Crippen LogP) is 3.35. The first-order valence-corrected chi connectivity index (χ1v) is 11.4. The summed E-state index contributed by atoms with van der Waals surface area (Å²) in [7, 11) is -3.66. The Morgan fingerprint density at radius 2 is 1.62 bits per heavy atom. The molecule has 6 nitrogen and oxygen atoms in total. The first kappa shape index (κ1) is 22.7. The van der Waals surface area contributed by atoms with Crippen LogP contribution in [0.25, 0.3) is 0 Å². The van der Waals surface area contributed by atoms with Crippen LogP contribution in [-0.4, -0.2) is 39.3 Å². The fourth-order valence-corrected chi connectivity index (χ4v) is 4.22. The van der Waals surface area contributed by atoms with Gasteiger partial charge in [0.1, 0.15) is 18.4 Å². The van der Waals surface area contributed by atoms with E-state index in [4.69, 9.17) is 4.74 Å². The first-order valence-electron chi connectivity index (χ1n) is 9.55. The van der Waals surface area contributed by atoms with Crippen molar-refractivity contribution >= 4 is 21.6 Å². The van der Waals surface area contributed by atoms with Gasteiger partial charge in [-0.05, 0) is 63.9 Å². The second-order valence-corrected chi connectivity index (χ2v) is 9.42. The maximum atomic E-state index is 12.8. The van der Waals surface area contributed by atoms with Gasteiger partial charge in [-0.15, -0.1) is 0 Å². The Morgan fingerprint density at radius 1 is 1.03 bits per heavy atom. The standard InChI is InChI=1S/C22H30N2O4S/c1-15-8-11-20(12-9-15)28-14-18(4)23-22(25)19(5)24(29(6,26)27)21-13-16(2)7-10-17(21)3/h7-13,18-19H,14H2,1-6H3,(H,23,25)/t18-,19-/m1/s1. The molecule has 0 saturated heterocycles. The maximum absolute atomic E-state index is 12.8. The molecule has 0 aliphatic rings. The van der Waals surface area contributed by atoms with E-state index in [0.29, 0.717) is 5.69 Å². The summed E-state index contributed by atoms with van der Waals surface area (Å²) in [6, 6.07) is 12.0. The highest BCUT2D eigenvalue weighted by atomic mass is 32.2. The summed E-state index contributed by atoms with van der Waals surface area (Å²) in [6.45, 7) is 9.41. The van der Waals surface area contributed by atoms with Crippen molar-refractivity contribution in [1.29, 1.82) is 0 Å². The molecule has 29 heavy (non-hydrogen) atoms. The van der Waals surface area contributed by atoms with Gasteiger partial charge in [-0.25, -0.2) is 8.42 Å². The molecule has 2 rings (SSSR count). The molecule has 0 saturated carbocycles. The largest absolute Gasteiger partial charge is 0.491 e. The molecule has 0 spiro atoms. The minimum atomic E-state index is -3.66. The molecule has 0 unspecified atom stereocenters. The SMILES string of the molecule is Cc1ccc(OC[C@@H](C)NC(=O)[C@@H](C)N(c2cc(C)ccc2C)S(C)(=O)=O)cc1. The molecule has 0 aliphatic heterocycles. The zero-order valence-electron chi connectivity index (χ0n) is 17.9. The Balaban J connectivity index is 2.10. The van der Waals surface area contributed by atoms with Crippen LogP contribution in [0.4, 0.5) is 5.69 Å². The highest BCUT2D eigenvalue weighted by Crippen LogP contribution is 2.26. The molecule has 2 atom stereocenters. The lowest BCUT2D eigenvalue weighted by Crippen LogP contribution is -2.51. The molecular formula is C22H30N2O4S. The highest BCUT2D eigenvalue weighted by Gasteiger charge is 2.30. The number of hydrogen-bond acceptors (Lipinski definition) is 4. The number of rotatable bonds is 8. The Bertz CT molecular complexity index is 955. The molecule has 0 radical (unpaired) electrons. The fraction of sp³-hybridized carbons (Fsp3) is 0.409. The lowest BCUT2D eigenvalue weighted by Gasteiger charge is -2.30. The second-order valence-electron chi connectivity index (χ2n) is 7.56. The van der Waals surface area contributed by atoms with E-state index in [1.54, 1.807) is 13.0 Å². The van der Waals surface area contributed by atoms with Crippen molar-refractivity contribution in [2.45, 2.75) is 46.7 Å². The van der Waals surface area contributed by atoms with Gasteiger partial charge in [-0.3, -0.25) is 9.10 Å². The number of ether oxygens (including phenoxy) is 1. The van der Waals surface area contributed by atoms with Crippen LogP contribution in [0.5, 0.6) is 5.75 Å². The third kappa shape index (κ3) is 6.22. The minimum absolute atomic E-state index is 0.282. The Hall–Kier alpha value is -2.54. The van der Waals surface area contributed by atoms with Gasteiger partial charge in [0.2, 0.25) is 15.9 Å². The number of nitrogens with one attached hydrogen (secondary N) is 1. The monoisotopic (exact) mass is 418 g/mol. The Morgan fingerprint density at radius 3 is 2.21 bits per heavy atom. The number of sulfonamides is 1. The third-order valence-corrected chi connectivity index (χ3v) is 5.83. The summed E-state index contributed by atoms with van der Waals surface area (Å²) >= 11 is 0. The normalized spacial score (nSPS) is 13.4. The molecule has 0 bridgehead atoms. The summed E-state index contributed by atoms with van der Waals surface area (Å²) in [6.07, 6.45) is 1.11. The quantitative estimate of drug-likeness (QED) is 0.713. The van der Waals surface area contributed by atoms with Gasteiger partial charge in [-0.1, -0.05) is 29.8 Å². The van der Waals surface area contributed by atoms with Crippen LogP contribution in [0.3, 0.4) is 0 Å². The molecule has 0 aliphatic carbocycles. The average molecular weight is 419 g/mol. The van der Waals surface area contributed by atoms with Gasteiger partial charge < -0.3 is 10.1 Å². The number of aryl methyl sites for hydroxylation is 3. The molecule has 1 N–H and O–H groups in total. The number of carbonyl (C=O) groups is 1. The van der Waals surface area contributed by atoms with Crippen LogP contribution in [-0.2, 0) is 14.8 Å². The minimum Gasteiger partial charge on any atom is -0.491 e. The number of nitrogens with zero attached hydrogens (tertiary/aromatic N) is 1. The van der Waals surface area contributed by atoms with Crippen LogP contribution in [0.2, 0.25) is 0 Å². The van der Waals surface area contributed by atoms with E-state index in [1.807, 2.05) is 64.1 Å². The van der Waals surface area contributed by atoms with Gasteiger partial charge >= 0.3 is 0 Å². The summed E-state index contributed by atoms with van der Waals surface area (Å²) < 4.78 is 31.9. The maximum Gasteiger partial charge on any atom is 0.243 e. The number of amides is 1. The van der Waals surface area contributed by atoms with E-state index in [0.717, 1.165) is 28.7 Å². The van der Waals surface area contributed by atoms with Crippen molar-refractivity contribution in [3.05, 3.63) is 59.2 Å². The van der Waals surface area contributed by atoms with Crippen molar-refractivity contribution in [2.75, 3.05) is 17.2 Å². The van der Waals surface area contributed by atoms with Crippen LogP contribution in [0.1, 0.15) is 30.5 Å². The van der Waals surface area contributed by atoms with Gasteiger partial charge in [0.15, 0.2) is 0 Å². The van der Waals surface area contributed by atoms with E-state index in [-0.39, 0.29) is 18.6 Å². The molecular weight excluding hydrogens is 388 g/mol. The van der Waals surface area contributed by atoms with Crippen LogP contribution >= 0.6 is 0 Å². The van der Waals surface area contributed by atoms with E-state index >= 15 is 0 Å². The molecule has 2 aromatic rings. The van der Waals surface area contributed by atoms with E-state index in [1.165, 1.54) is 4.31 Å². The van der Waals surface area contributed by atoms with Crippen molar-refractivity contribution in [1.82, 2.24) is 5.32 Å². The molecule has 0 heterocycles. The van der Waals surface area contributed by atoms with E-state index in [2.05, 4.69) is 5.32 Å². The van der Waals surface area contributed by atoms with Gasteiger partial charge in [0.25, 0.3) is 0 Å². The first-order chi connectivity index (χ1) is 13.5. The summed E-state index contributed by atoms with van der Waals surface area (Å²) in [4.78, 5) is 12.8. The van der Waals surface area contributed by atoms with Crippen molar-refractivity contribution in [2.24, 2.45) is 0 Å². The third-order valence-electron chi connectivity index (χ3n) is 4.60. The van der Waals surface area contributed by atoms with Gasteiger partial charge in [0, 0.05) is 0 Å². The molecule has 0 aromatic heterocycles. The fourth-order valence-electron chi connectivity index (χ4n) is 3.00. The second kappa shape index (κ2) is 9.31. The van der Waals surface area contributed by atoms with Crippen LogP contribution in [0, 0.1) is 20.8 Å². The number of carbonyl (C=O) groups excluding carboxylic acids is 1. The Kier molecular flexibility index (Phi) is 7.30. The lowest BCUT2D eigenvalue weighted by atomic mass is 10.1. The molecule has 2 aromatic carbocycles. The molecule has 158 valence electrons. The molecule has 0 fully saturated rings. The van der Waals surface area contributed by atoms with Gasteiger partial charge in [-0.2, -0.15) is 0 Å². The van der Waals surface area contributed by atoms with Crippen LogP contribution < -0.4 is 14.4 Å². The topological polar surface area (TPSA) is 75.7 Å². The zero-order chi connectivity index (χ0) is 21.8.